The van der Waals surface area contributed by atoms with Crippen molar-refractivity contribution in [1.82, 2.24) is 5.32 Å². The maximum atomic E-state index is 11.8. The van der Waals surface area contributed by atoms with E-state index in [0.29, 0.717) is 6.54 Å². The predicted octanol–water partition coefficient (Wildman–Crippen LogP) is 3.51. The highest BCUT2D eigenvalue weighted by atomic mass is 19.3. The quantitative estimate of drug-likeness (QED) is 0.577. The van der Waals surface area contributed by atoms with Crippen molar-refractivity contribution in [3.05, 3.63) is 0 Å². The summed E-state index contributed by atoms with van der Waals surface area (Å²) in [5, 5.41) is 2.20. The fraction of sp³-hybridized carbons (Fsp3) is 0.917. The molecule has 0 heterocycles. The van der Waals surface area contributed by atoms with Crippen molar-refractivity contribution in [2.24, 2.45) is 0 Å². The van der Waals surface area contributed by atoms with Gasteiger partial charge in [-0.3, -0.25) is 4.79 Å². The predicted molar refractivity (Wildman–Crippen MR) is 61.6 cm³/mol. The van der Waals surface area contributed by atoms with Crippen molar-refractivity contribution in [3.8, 4) is 0 Å². The Kier molecular flexibility index (Phi) is 10.4. The Balaban J connectivity index is 3.07. The number of nitrogens with one attached hydrogen (secondary N) is 1. The molecule has 0 fully saturated rings. The monoisotopic (exact) mass is 235 g/mol. The van der Waals surface area contributed by atoms with Gasteiger partial charge in [-0.1, -0.05) is 51.9 Å². The molecule has 0 bridgehead atoms. The molecule has 0 aromatic heterocycles. The molecule has 16 heavy (non-hydrogen) atoms. The first-order valence-corrected chi connectivity index (χ1v) is 6.24. The highest BCUT2D eigenvalue weighted by Gasteiger charge is 2.13. The average Bonchev–Trinajstić information content (AvgIpc) is 2.26. The molecule has 96 valence electrons. The fourth-order valence-corrected chi connectivity index (χ4v) is 1.55. The van der Waals surface area contributed by atoms with E-state index < -0.39 is 12.3 Å². The van der Waals surface area contributed by atoms with Crippen LogP contribution in [-0.2, 0) is 4.79 Å². The van der Waals surface area contributed by atoms with E-state index in [1.54, 1.807) is 0 Å². The lowest BCUT2D eigenvalue weighted by Crippen LogP contribution is -2.30. The van der Waals surface area contributed by atoms with Gasteiger partial charge in [0.1, 0.15) is 0 Å². The van der Waals surface area contributed by atoms with Crippen LogP contribution in [0.15, 0.2) is 0 Å². The molecule has 0 saturated carbocycles. The van der Waals surface area contributed by atoms with E-state index in [1.807, 2.05) is 0 Å². The highest BCUT2D eigenvalue weighted by Crippen LogP contribution is 2.07. The van der Waals surface area contributed by atoms with Crippen molar-refractivity contribution in [2.75, 3.05) is 6.54 Å². The zero-order valence-corrected chi connectivity index (χ0v) is 10.1. The SMILES string of the molecule is CCCCCCCCCCNC(=O)C(F)F. The fourth-order valence-electron chi connectivity index (χ4n) is 1.55. The lowest BCUT2D eigenvalue weighted by Gasteiger charge is -2.04. The summed E-state index contributed by atoms with van der Waals surface area (Å²) in [5.41, 5.74) is 0. The van der Waals surface area contributed by atoms with Gasteiger partial charge in [0.15, 0.2) is 0 Å². The minimum Gasteiger partial charge on any atom is -0.351 e. The summed E-state index contributed by atoms with van der Waals surface area (Å²) in [6.45, 7) is 2.56. The Hall–Kier alpha value is -0.670. The smallest absolute Gasteiger partial charge is 0.315 e. The van der Waals surface area contributed by atoms with Crippen molar-refractivity contribution < 1.29 is 13.6 Å². The standard InChI is InChI=1S/C12H23F2NO/c1-2-3-4-5-6-7-8-9-10-15-12(16)11(13)14/h11H,2-10H2,1H3,(H,15,16). The Morgan fingerprint density at radius 1 is 1.00 bits per heavy atom. The molecule has 0 atom stereocenters. The van der Waals surface area contributed by atoms with Gasteiger partial charge in [0.25, 0.3) is 5.91 Å². The number of alkyl halides is 2. The Morgan fingerprint density at radius 3 is 2.00 bits per heavy atom. The van der Waals surface area contributed by atoms with Crippen LogP contribution in [0.25, 0.3) is 0 Å². The van der Waals surface area contributed by atoms with Crippen LogP contribution in [0.4, 0.5) is 8.78 Å². The molecule has 0 aliphatic carbocycles. The summed E-state index contributed by atoms with van der Waals surface area (Å²) in [4.78, 5) is 10.5. The molecule has 1 N–H and O–H groups in total. The Bertz CT molecular complexity index is 174. The molecule has 0 aliphatic rings. The van der Waals surface area contributed by atoms with E-state index in [-0.39, 0.29) is 0 Å². The molecule has 0 aromatic carbocycles. The largest absolute Gasteiger partial charge is 0.351 e. The van der Waals surface area contributed by atoms with E-state index in [2.05, 4.69) is 12.2 Å². The number of amides is 1. The number of hydrogen-bond donors (Lipinski definition) is 1. The minimum atomic E-state index is -2.88. The molecule has 0 radical (unpaired) electrons. The maximum Gasteiger partial charge on any atom is 0.315 e. The molecule has 0 rings (SSSR count). The molecule has 0 aromatic rings. The topological polar surface area (TPSA) is 29.1 Å². The summed E-state index contributed by atoms with van der Waals surface area (Å²) < 4.78 is 23.5. The lowest BCUT2D eigenvalue weighted by molar-refractivity contribution is -0.131. The van der Waals surface area contributed by atoms with Crippen LogP contribution in [0.2, 0.25) is 0 Å². The van der Waals surface area contributed by atoms with Gasteiger partial charge in [-0.2, -0.15) is 8.78 Å². The van der Waals surface area contributed by atoms with Gasteiger partial charge in [0, 0.05) is 6.54 Å². The van der Waals surface area contributed by atoms with Crippen LogP contribution in [-0.4, -0.2) is 18.9 Å². The lowest BCUT2D eigenvalue weighted by atomic mass is 10.1. The van der Waals surface area contributed by atoms with Crippen LogP contribution in [0.5, 0.6) is 0 Å². The molecular weight excluding hydrogens is 212 g/mol. The molecular formula is C12H23F2NO. The van der Waals surface area contributed by atoms with Crippen molar-refractivity contribution in [2.45, 2.75) is 64.7 Å². The van der Waals surface area contributed by atoms with Gasteiger partial charge in [-0.25, -0.2) is 0 Å². The van der Waals surface area contributed by atoms with Crippen molar-refractivity contribution in [3.63, 3.8) is 0 Å². The number of hydrogen-bond acceptors (Lipinski definition) is 1. The third-order valence-electron chi connectivity index (χ3n) is 2.53. The summed E-state index contributed by atoms with van der Waals surface area (Å²) in [6, 6.07) is 0. The van der Waals surface area contributed by atoms with E-state index >= 15 is 0 Å². The van der Waals surface area contributed by atoms with Gasteiger partial charge in [0.05, 0.1) is 0 Å². The Labute approximate surface area is 96.8 Å². The van der Waals surface area contributed by atoms with Crippen LogP contribution < -0.4 is 5.32 Å². The first-order chi connectivity index (χ1) is 7.68. The van der Waals surface area contributed by atoms with Crippen molar-refractivity contribution in [1.29, 1.82) is 0 Å². The number of carbonyl (C=O) groups excluding carboxylic acids is 1. The minimum absolute atomic E-state index is 0.373. The summed E-state index contributed by atoms with van der Waals surface area (Å²) in [6.07, 6.45) is 6.37. The summed E-state index contributed by atoms with van der Waals surface area (Å²) in [5.74, 6) is -1.15. The van der Waals surface area contributed by atoms with Gasteiger partial charge in [-0.05, 0) is 6.42 Å². The molecule has 0 saturated heterocycles. The van der Waals surface area contributed by atoms with E-state index in [4.69, 9.17) is 0 Å². The maximum absolute atomic E-state index is 11.8. The second-order valence-corrected chi connectivity index (χ2v) is 4.07. The molecule has 0 spiro atoms. The van der Waals surface area contributed by atoms with Gasteiger partial charge < -0.3 is 5.32 Å². The number of rotatable bonds is 10. The second kappa shape index (κ2) is 10.8. The van der Waals surface area contributed by atoms with Crippen molar-refractivity contribution >= 4 is 5.91 Å². The highest BCUT2D eigenvalue weighted by molar-refractivity contribution is 5.78. The summed E-state index contributed by atoms with van der Waals surface area (Å²) in [7, 11) is 0. The van der Waals surface area contributed by atoms with E-state index in [9.17, 15) is 13.6 Å². The Morgan fingerprint density at radius 2 is 1.50 bits per heavy atom. The third-order valence-corrected chi connectivity index (χ3v) is 2.53. The van der Waals surface area contributed by atoms with Gasteiger partial charge in [0.2, 0.25) is 0 Å². The average molecular weight is 235 g/mol. The molecule has 2 nitrogen and oxygen atoms in total. The van der Waals surface area contributed by atoms with Gasteiger partial charge in [-0.15, -0.1) is 0 Å². The second-order valence-electron chi connectivity index (χ2n) is 4.07. The molecule has 0 aliphatic heterocycles. The summed E-state index contributed by atoms with van der Waals surface area (Å²) >= 11 is 0. The number of halogens is 2. The zero-order chi connectivity index (χ0) is 12.2. The van der Waals surface area contributed by atoms with Gasteiger partial charge >= 0.3 is 6.43 Å². The zero-order valence-electron chi connectivity index (χ0n) is 10.1. The molecule has 4 heteroatoms. The van der Waals surface area contributed by atoms with E-state index in [1.165, 1.54) is 32.1 Å². The number of carbonyl (C=O) groups is 1. The first kappa shape index (κ1) is 15.3. The molecule has 0 unspecified atom stereocenters. The molecule has 1 amide bonds. The number of unbranched alkanes of at least 4 members (excludes halogenated alkanes) is 7. The first-order valence-electron chi connectivity index (χ1n) is 6.24. The third kappa shape index (κ3) is 9.87. The normalized spacial score (nSPS) is 10.8. The van der Waals surface area contributed by atoms with Crippen LogP contribution >= 0.6 is 0 Å². The van der Waals surface area contributed by atoms with E-state index in [0.717, 1.165) is 19.3 Å². The van der Waals surface area contributed by atoms with Crippen LogP contribution in [0, 0.1) is 0 Å². The van der Waals surface area contributed by atoms with Crippen LogP contribution in [0.3, 0.4) is 0 Å². The van der Waals surface area contributed by atoms with Crippen LogP contribution in [0.1, 0.15) is 58.3 Å².